The van der Waals surface area contributed by atoms with Gasteiger partial charge < -0.3 is 5.11 Å². The average Bonchev–Trinajstić information content (AvgIpc) is 2.41. The molecule has 0 spiro atoms. The number of aromatic carboxylic acids is 1. The molecule has 1 aliphatic rings. The molecule has 2 rings (SSSR count). The van der Waals surface area contributed by atoms with E-state index >= 15 is 0 Å². The molecule has 0 saturated carbocycles. The highest BCUT2D eigenvalue weighted by atomic mass is 16.4. The first-order valence-electron chi connectivity index (χ1n) is 4.15. The van der Waals surface area contributed by atoms with Crippen molar-refractivity contribution in [2.75, 3.05) is 0 Å². The van der Waals surface area contributed by atoms with E-state index < -0.39 is 5.97 Å². The first-order valence-corrected chi connectivity index (χ1v) is 4.15. The Morgan fingerprint density at radius 1 is 1.62 bits per heavy atom. The molecule has 0 amide bonds. The summed E-state index contributed by atoms with van der Waals surface area (Å²) >= 11 is 0. The number of carboxylic acid groups (broad SMARTS) is 1. The van der Waals surface area contributed by atoms with E-state index in [2.05, 4.69) is 24.2 Å². The molecule has 0 atom stereocenters. The zero-order valence-corrected chi connectivity index (χ0v) is 7.61. The van der Waals surface area contributed by atoms with Crippen LogP contribution in [-0.4, -0.2) is 26.1 Å². The molecule has 0 bridgehead atoms. The van der Waals surface area contributed by atoms with Gasteiger partial charge in [0.1, 0.15) is 0 Å². The zero-order valence-electron chi connectivity index (χ0n) is 7.61. The van der Waals surface area contributed by atoms with Crippen molar-refractivity contribution in [1.82, 2.24) is 15.0 Å². The quantitative estimate of drug-likeness (QED) is 0.687. The van der Waals surface area contributed by atoms with Gasteiger partial charge in [-0.1, -0.05) is 19.1 Å². The SMILES string of the molecule is CC1(C)Cc2c(C(=O)O)nnn2C1. The van der Waals surface area contributed by atoms with Crippen molar-refractivity contribution < 1.29 is 9.90 Å². The van der Waals surface area contributed by atoms with Crippen LogP contribution in [0.25, 0.3) is 0 Å². The van der Waals surface area contributed by atoms with Crippen LogP contribution in [0.2, 0.25) is 0 Å². The number of aromatic nitrogens is 3. The maximum absolute atomic E-state index is 10.7. The van der Waals surface area contributed by atoms with Crippen LogP contribution in [0, 0.1) is 5.41 Å². The van der Waals surface area contributed by atoms with E-state index in [9.17, 15) is 4.79 Å². The molecule has 1 aromatic rings. The van der Waals surface area contributed by atoms with Crippen molar-refractivity contribution in [2.24, 2.45) is 5.41 Å². The van der Waals surface area contributed by atoms with Gasteiger partial charge in [0.25, 0.3) is 0 Å². The first-order chi connectivity index (χ1) is 5.99. The Hall–Kier alpha value is -1.39. The molecule has 2 heterocycles. The van der Waals surface area contributed by atoms with Crippen molar-refractivity contribution in [3.63, 3.8) is 0 Å². The molecule has 0 aliphatic carbocycles. The lowest BCUT2D eigenvalue weighted by Crippen LogP contribution is -2.14. The molecule has 5 nitrogen and oxygen atoms in total. The molecule has 0 saturated heterocycles. The summed E-state index contributed by atoms with van der Waals surface area (Å²) in [4.78, 5) is 10.7. The molecule has 70 valence electrons. The fourth-order valence-corrected chi connectivity index (χ4v) is 1.72. The molecule has 1 aliphatic heterocycles. The second kappa shape index (κ2) is 2.31. The maximum Gasteiger partial charge on any atom is 0.358 e. The number of carboxylic acids is 1. The van der Waals surface area contributed by atoms with Crippen molar-refractivity contribution in [3.8, 4) is 0 Å². The smallest absolute Gasteiger partial charge is 0.358 e. The van der Waals surface area contributed by atoms with Gasteiger partial charge in [-0.05, 0) is 11.8 Å². The van der Waals surface area contributed by atoms with Crippen molar-refractivity contribution >= 4 is 5.97 Å². The van der Waals surface area contributed by atoms with Gasteiger partial charge in [0.15, 0.2) is 5.69 Å². The number of carbonyl (C=O) groups is 1. The van der Waals surface area contributed by atoms with E-state index in [-0.39, 0.29) is 11.1 Å². The highest BCUT2D eigenvalue weighted by Crippen LogP contribution is 2.31. The molecule has 0 fully saturated rings. The summed E-state index contributed by atoms with van der Waals surface area (Å²) in [6.07, 6.45) is 0.738. The molecule has 0 aromatic carbocycles. The normalized spacial score (nSPS) is 18.6. The van der Waals surface area contributed by atoms with Crippen LogP contribution in [-0.2, 0) is 13.0 Å². The summed E-state index contributed by atoms with van der Waals surface area (Å²) in [6.45, 7) is 4.93. The third kappa shape index (κ3) is 1.20. The minimum Gasteiger partial charge on any atom is -0.476 e. The fraction of sp³-hybridized carbons (Fsp3) is 0.625. The molecule has 0 unspecified atom stereocenters. The van der Waals surface area contributed by atoms with Crippen LogP contribution in [0.1, 0.15) is 30.0 Å². The standard InChI is InChI=1S/C8H11N3O2/c1-8(2)3-5-6(7(12)13)9-10-11(5)4-8/h3-4H2,1-2H3,(H,12,13). The summed E-state index contributed by atoms with van der Waals surface area (Å²) in [7, 11) is 0. The average molecular weight is 181 g/mol. The lowest BCUT2D eigenvalue weighted by atomic mass is 9.91. The fourth-order valence-electron chi connectivity index (χ4n) is 1.72. The predicted octanol–water partition coefficient (Wildman–Crippen LogP) is 0.559. The summed E-state index contributed by atoms with van der Waals surface area (Å²) in [5.41, 5.74) is 0.957. The third-order valence-corrected chi connectivity index (χ3v) is 2.26. The Morgan fingerprint density at radius 3 is 2.92 bits per heavy atom. The van der Waals surface area contributed by atoms with Crippen LogP contribution in [0.4, 0.5) is 0 Å². The van der Waals surface area contributed by atoms with E-state index in [0.717, 1.165) is 18.7 Å². The minimum absolute atomic E-state index is 0.102. The Kier molecular flexibility index (Phi) is 1.46. The topological polar surface area (TPSA) is 68.0 Å². The Bertz CT molecular complexity index is 367. The molecule has 0 radical (unpaired) electrons. The third-order valence-electron chi connectivity index (χ3n) is 2.26. The minimum atomic E-state index is -0.987. The van der Waals surface area contributed by atoms with Crippen LogP contribution >= 0.6 is 0 Å². The van der Waals surface area contributed by atoms with Crippen molar-refractivity contribution in [1.29, 1.82) is 0 Å². The maximum atomic E-state index is 10.7. The monoisotopic (exact) mass is 181 g/mol. The van der Waals surface area contributed by atoms with Crippen LogP contribution < -0.4 is 0 Å². The zero-order chi connectivity index (χ0) is 9.64. The van der Waals surface area contributed by atoms with Gasteiger partial charge in [0.05, 0.1) is 5.69 Å². The van der Waals surface area contributed by atoms with Gasteiger partial charge in [-0.15, -0.1) is 5.10 Å². The van der Waals surface area contributed by atoms with E-state index in [1.54, 1.807) is 4.68 Å². The summed E-state index contributed by atoms with van der Waals surface area (Å²) in [5.74, 6) is -0.987. The largest absolute Gasteiger partial charge is 0.476 e. The van der Waals surface area contributed by atoms with Crippen molar-refractivity contribution in [3.05, 3.63) is 11.4 Å². The molecule has 1 aromatic heterocycles. The highest BCUT2D eigenvalue weighted by Gasteiger charge is 2.34. The summed E-state index contributed by atoms with van der Waals surface area (Å²) < 4.78 is 1.68. The van der Waals surface area contributed by atoms with Gasteiger partial charge in [-0.3, -0.25) is 0 Å². The molecule has 5 heteroatoms. The van der Waals surface area contributed by atoms with E-state index in [0.29, 0.717) is 0 Å². The molecule has 1 N–H and O–H groups in total. The number of hydrogen-bond acceptors (Lipinski definition) is 3. The summed E-state index contributed by atoms with van der Waals surface area (Å²) in [5, 5.41) is 16.2. The number of nitrogens with zero attached hydrogens (tertiary/aromatic N) is 3. The lowest BCUT2D eigenvalue weighted by Gasteiger charge is -2.13. The van der Waals surface area contributed by atoms with E-state index in [4.69, 9.17) is 5.11 Å². The van der Waals surface area contributed by atoms with Crippen LogP contribution in [0.3, 0.4) is 0 Å². The second-order valence-electron chi connectivity index (χ2n) is 4.19. The lowest BCUT2D eigenvalue weighted by molar-refractivity contribution is 0.0689. The van der Waals surface area contributed by atoms with Gasteiger partial charge >= 0.3 is 5.97 Å². The van der Waals surface area contributed by atoms with Crippen molar-refractivity contribution in [2.45, 2.75) is 26.8 Å². The summed E-state index contributed by atoms with van der Waals surface area (Å²) in [6, 6.07) is 0. The van der Waals surface area contributed by atoms with Crippen LogP contribution in [0.5, 0.6) is 0 Å². The number of fused-ring (bicyclic) bond motifs is 1. The molecule has 13 heavy (non-hydrogen) atoms. The van der Waals surface area contributed by atoms with E-state index in [1.165, 1.54) is 0 Å². The second-order valence-corrected chi connectivity index (χ2v) is 4.19. The van der Waals surface area contributed by atoms with E-state index in [1.807, 2.05) is 0 Å². The Labute approximate surface area is 75.4 Å². The predicted molar refractivity (Wildman–Crippen MR) is 44.5 cm³/mol. The highest BCUT2D eigenvalue weighted by molar-refractivity contribution is 5.86. The van der Waals surface area contributed by atoms with Gasteiger partial charge in [0.2, 0.25) is 0 Å². The molecular formula is C8H11N3O2. The Balaban J connectivity index is 2.43. The van der Waals surface area contributed by atoms with Gasteiger partial charge in [0, 0.05) is 6.54 Å². The first kappa shape index (κ1) is 8.22. The van der Waals surface area contributed by atoms with Crippen LogP contribution in [0.15, 0.2) is 0 Å². The van der Waals surface area contributed by atoms with Gasteiger partial charge in [-0.2, -0.15) is 0 Å². The number of hydrogen-bond donors (Lipinski definition) is 1. The molecular weight excluding hydrogens is 170 g/mol. The Morgan fingerprint density at radius 2 is 2.31 bits per heavy atom. The number of rotatable bonds is 1. The van der Waals surface area contributed by atoms with Gasteiger partial charge in [-0.25, -0.2) is 9.48 Å².